The second kappa shape index (κ2) is 8.08. The summed E-state index contributed by atoms with van der Waals surface area (Å²) in [7, 11) is 1.89. The third-order valence-corrected chi connectivity index (χ3v) is 6.37. The van der Waals surface area contributed by atoms with Crippen LogP contribution in [0.15, 0.2) is 59.3 Å². The van der Waals surface area contributed by atoms with E-state index in [0.29, 0.717) is 40.5 Å². The molecule has 7 nitrogen and oxygen atoms in total. The van der Waals surface area contributed by atoms with Gasteiger partial charge in [0.1, 0.15) is 17.5 Å². The molecule has 0 bridgehead atoms. The maximum Gasteiger partial charge on any atom is 0.246 e. The molecule has 1 fully saturated rings. The van der Waals surface area contributed by atoms with Crippen molar-refractivity contribution in [2.24, 2.45) is 7.05 Å². The zero-order chi connectivity index (χ0) is 23.2. The third-order valence-electron chi connectivity index (χ3n) is 6.06. The van der Waals surface area contributed by atoms with E-state index < -0.39 is 0 Å². The van der Waals surface area contributed by atoms with E-state index >= 15 is 0 Å². The Morgan fingerprint density at radius 2 is 1.97 bits per heavy atom. The van der Waals surface area contributed by atoms with Gasteiger partial charge >= 0.3 is 0 Å². The molecule has 0 N–H and O–H groups in total. The van der Waals surface area contributed by atoms with Crippen molar-refractivity contribution >= 4 is 28.4 Å². The first-order chi connectivity index (χ1) is 16.6. The standard InChI is InChI=1S/C26H19ClN6O/c1-28-18-6-7-19(20(12-18)25-32-29-14-33(25)2)17-10-21(16-4-5-16)30-23(11-17)26-31-22-9-15(13-27)3-8-24(22)34-26/h3,6-12,14,16H,4-5,13H2,2H3. The fourth-order valence-electron chi connectivity index (χ4n) is 4.14. The zero-order valence-corrected chi connectivity index (χ0v) is 19.1. The average molecular weight is 467 g/mol. The molecule has 8 heteroatoms. The van der Waals surface area contributed by atoms with Crippen molar-refractivity contribution in [1.29, 1.82) is 0 Å². The van der Waals surface area contributed by atoms with E-state index in [4.69, 9.17) is 32.6 Å². The van der Waals surface area contributed by atoms with Crippen LogP contribution in [0.3, 0.4) is 0 Å². The second-order valence-corrected chi connectivity index (χ2v) is 8.77. The SMILES string of the molecule is [C-]#[N+]c1ccc(-c2cc(-c3nc4cc(CCl)ccc4o3)nc(C3CC3)c2)c(-c2nncn2C)c1. The van der Waals surface area contributed by atoms with Gasteiger partial charge in [-0.2, -0.15) is 0 Å². The Hall–Kier alpha value is -4.02. The summed E-state index contributed by atoms with van der Waals surface area (Å²) in [6, 6.07) is 15.5. The molecule has 5 aromatic rings. The second-order valence-electron chi connectivity index (χ2n) is 8.50. The van der Waals surface area contributed by atoms with Gasteiger partial charge < -0.3 is 8.98 Å². The number of rotatable bonds is 5. The average Bonchev–Trinajstić information content (AvgIpc) is 3.50. The number of hydrogen-bond donors (Lipinski definition) is 0. The summed E-state index contributed by atoms with van der Waals surface area (Å²) in [5.74, 6) is 2.03. The van der Waals surface area contributed by atoms with Crippen molar-refractivity contribution in [1.82, 2.24) is 24.7 Å². The maximum absolute atomic E-state index is 7.46. The number of pyridine rings is 1. The van der Waals surface area contributed by atoms with E-state index in [1.165, 1.54) is 0 Å². The third kappa shape index (κ3) is 3.62. The van der Waals surface area contributed by atoms with Crippen molar-refractivity contribution in [2.75, 3.05) is 0 Å². The van der Waals surface area contributed by atoms with Crippen LogP contribution in [0.5, 0.6) is 0 Å². The lowest BCUT2D eigenvalue weighted by molar-refractivity contribution is 0.616. The quantitative estimate of drug-likeness (QED) is 0.218. The lowest BCUT2D eigenvalue weighted by Gasteiger charge is -2.12. The van der Waals surface area contributed by atoms with E-state index in [9.17, 15) is 0 Å². The van der Waals surface area contributed by atoms with Crippen molar-refractivity contribution in [2.45, 2.75) is 24.6 Å². The summed E-state index contributed by atoms with van der Waals surface area (Å²) < 4.78 is 7.93. The molecule has 0 saturated heterocycles. The molecular formula is C26H19ClN6O. The Morgan fingerprint density at radius 1 is 1.09 bits per heavy atom. The minimum atomic E-state index is 0.420. The van der Waals surface area contributed by atoms with Crippen LogP contribution in [0.2, 0.25) is 0 Å². The van der Waals surface area contributed by atoms with E-state index in [1.807, 2.05) is 54.1 Å². The molecule has 0 atom stereocenters. The lowest BCUT2D eigenvalue weighted by atomic mass is 9.97. The molecule has 0 spiro atoms. The Labute approximate surface area is 200 Å². The number of aryl methyl sites for hydroxylation is 1. The number of fused-ring (bicyclic) bond motifs is 1. The first-order valence-electron chi connectivity index (χ1n) is 11.0. The molecule has 166 valence electrons. The normalized spacial score (nSPS) is 13.3. The van der Waals surface area contributed by atoms with Gasteiger partial charge in [-0.05, 0) is 59.9 Å². The molecule has 34 heavy (non-hydrogen) atoms. The van der Waals surface area contributed by atoms with Gasteiger partial charge in [0.25, 0.3) is 0 Å². The van der Waals surface area contributed by atoms with Crippen molar-refractivity contribution in [3.05, 3.63) is 77.5 Å². The van der Waals surface area contributed by atoms with E-state index in [1.54, 1.807) is 6.33 Å². The molecule has 6 rings (SSSR count). The number of aromatic nitrogens is 5. The predicted octanol–water partition coefficient (Wildman–Crippen LogP) is 6.52. The molecule has 1 saturated carbocycles. The van der Waals surface area contributed by atoms with Crippen molar-refractivity contribution in [3.8, 4) is 34.1 Å². The molecule has 0 amide bonds. The largest absolute Gasteiger partial charge is 0.435 e. The number of benzene rings is 2. The lowest BCUT2D eigenvalue weighted by Crippen LogP contribution is -1.97. The Morgan fingerprint density at radius 3 is 2.71 bits per heavy atom. The summed E-state index contributed by atoms with van der Waals surface area (Å²) in [6.07, 6.45) is 3.90. The van der Waals surface area contributed by atoms with Gasteiger partial charge in [-0.25, -0.2) is 14.8 Å². The van der Waals surface area contributed by atoms with Gasteiger partial charge in [0, 0.05) is 30.1 Å². The Bertz CT molecular complexity index is 1590. The molecule has 1 aliphatic rings. The van der Waals surface area contributed by atoms with Crippen LogP contribution in [0.25, 0.3) is 50.0 Å². The summed E-state index contributed by atoms with van der Waals surface area (Å²) >= 11 is 5.99. The fourth-order valence-corrected chi connectivity index (χ4v) is 4.30. The highest BCUT2D eigenvalue weighted by molar-refractivity contribution is 6.17. The summed E-state index contributed by atoms with van der Waals surface area (Å²) in [4.78, 5) is 13.2. The van der Waals surface area contributed by atoms with Gasteiger partial charge in [-0.3, -0.25) is 0 Å². The van der Waals surface area contributed by atoms with Crippen LogP contribution in [0.1, 0.15) is 30.0 Å². The highest BCUT2D eigenvalue weighted by Gasteiger charge is 2.27. The molecular weight excluding hydrogens is 448 g/mol. The number of alkyl halides is 1. The molecule has 0 radical (unpaired) electrons. The number of oxazole rings is 1. The van der Waals surface area contributed by atoms with Gasteiger partial charge in [-0.1, -0.05) is 18.2 Å². The summed E-state index contributed by atoms with van der Waals surface area (Å²) in [6.45, 7) is 7.46. The maximum atomic E-state index is 7.46. The summed E-state index contributed by atoms with van der Waals surface area (Å²) in [5, 5.41) is 8.33. The molecule has 1 aliphatic carbocycles. The monoisotopic (exact) mass is 466 g/mol. The smallest absolute Gasteiger partial charge is 0.246 e. The van der Waals surface area contributed by atoms with Crippen LogP contribution >= 0.6 is 11.6 Å². The summed E-state index contributed by atoms with van der Waals surface area (Å²) in [5.41, 5.74) is 7.47. The van der Waals surface area contributed by atoms with Gasteiger partial charge in [0.05, 0.1) is 6.57 Å². The van der Waals surface area contributed by atoms with Gasteiger partial charge in [0.15, 0.2) is 17.1 Å². The molecule has 2 aromatic carbocycles. The highest BCUT2D eigenvalue weighted by Crippen LogP contribution is 2.43. The Kier molecular flexibility index (Phi) is 4.89. The minimum Gasteiger partial charge on any atom is -0.435 e. The van der Waals surface area contributed by atoms with Crippen LogP contribution < -0.4 is 0 Å². The molecule has 3 heterocycles. The first-order valence-corrected chi connectivity index (χ1v) is 11.5. The first kappa shape index (κ1) is 20.6. The number of hydrogen-bond acceptors (Lipinski definition) is 5. The van der Waals surface area contributed by atoms with Crippen LogP contribution in [0, 0.1) is 6.57 Å². The van der Waals surface area contributed by atoms with E-state index in [0.717, 1.165) is 46.3 Å². The van der Waals surface area contributed by atoms with Crippen LogP contribution in [-0.2, 0) is 12.9 Å². The minimum absolute atomic E-state index is 0.420. The topological polar surface area (TPSA) is 74.0 Å². The van der Waals surface area contributed by atoms with Crippen LogP contribution in [0.4, 0.5) is 5.69 Å². The fraction of sp³-hybridized carbons (Fsp3) is 0.192. The highest BCUT2D eigenvalue weighted by atomic mass is 35.5. The Balaban J connectivity index is 1.54. The van der Waals surface area contributed by atoms with E-state index in [2.05, 4.69) is 21.1 Å². The zero-order valence-electron chi connectivity index (χ0n) is 18.4. The predicted molar refractivity (Wildman–Crippen MR) is 130 cm³/mol. The number of halogens is 1. The van der Waals surface area contributed by atoms with Gasteiger partial charge in [-0.15, -0.1) is 21.8 Å². The van der Waals surface area contributed by atoms with Crippen molar-refractivity contribution < 1.29 is 4.42 Å². The number of nitrogens with zero attached hydrogens (tertiary/aromatic N) is 6. The molecule has 0 aliphatic heterocycles. The van der Waals surface area contributed by atoms with Crippen LogP contribution in [-0.4, -0.2) is 24.7 Å². The van der Waals surface area contributed by atoms with Crippen molar-refractivity contribution in [3.63, 3.8) is 0 Å². The van der Waals surface area contributed by atoms with E-state index in [-0.39, 0.29) is 0 Å². The van der Waals surface area contributed by atoms with Gasteiger partial charge in [0.2, 0.25) is 5.89 Å². The molecule has 3 aromatic heterocycles. The molecule has 0 unspecified atom stereocenters.